The topological polar surface area (TPSA) is 24.1 Å². The summed E-state index contributed by atoms with van der Waals surface area (Å²) >= 11 is 0. The molecule has 2 N–H and O–H groups in total. The van der Waals surface area contributed by atoms with E-state index in [9.17, 15) is 0 Å². The van der Waals surface area contributed by atoms with Crippen LogP contribution in [0.15, 0.2) is 0 Å². The second-order valence-corrected chi connectivity index (χ2v) is 4.21. The minimum absolute atomic E-state index is 0.640. The van der Waals surface area contributed by atoms with Crippen LogP contribution in [0.2, 0.25) is 0 Å². The highest BCUT2D eigenvalue weighted by Crippen LogP contribution is 2.28. The Bertz CT molecular complexity index is 144. The van der Waals surface area contributed by atoms with Gasteiger partial charge in [0.05, 0.1) is 0 Å². The molecule has 0 aliphatic carbocycles. The number of nitrogens with one attached hydrogen (secondary N) is 2. The van der Waals surface area contributed by atoms with Crippen molar-refractivity contribution >= 4 is 0 Å². The maximum atomic E-state index is 3.62. The van der Waals surface area contributed by atoms with Crippen molar-refractivity contribution in [2.45, 2.75) is 57.3 Å². The third-order valence-electron chi connectivity index (χ3n) is 2.85. The minimum atomic E-state index is 0.640. The van der Waals surface area contributed by atoms with E-state index in [4.69, 9.17) is 0 Å². The quantitative estimate of drug-likeness (QED) is 0.617. The first-order valence-electron chi connectivity index (χ1n) is 4.78. The molecule has 0 spiro atoms. The van der Waals surface area contributed by atoms with E-state index in [-0.39, 0.29) is 0 Å². The summed E-state index contributed by atoms with van der Waals surface area (Å²) in [5, 5.41) is 7.23. The third kappa shape index (κ3) is 1.42. The van der Waals surface area contributed by atoms with Crippen molar-refractivity contribution in [2.24, 2.45) is 0 Å². The summed E-state index contributed by atoms with van der Waals surface area (Å²) in [5.74, 6) is 0. The lowest BCUT2D eigenvalue weighted by Gasteiger charge is -2.23. The van der Waals surface area contributed by atoms with Crippen LogP contribution in [-0.4, -0.2) is 24.2 Å². The van der Waals surface area contributed by atoms with E-state index in [0.29, 0.717) is 6.04 Å². The average Bonchev–Trinajstić information content (AvgIpc) is 2.45. The molecule has 3 atom stereocenters. The normalized spacial score (nSPS) is 42.3. The second-order valence-electron chi connectivity index (χ2n) is 4.21. The second kappa shape index (κ2) is 2.76. The van der Waals surface area contributed by atoms with Gasteiger partial charge in [-0.05, 0) is 19.3 Å². The number of hydrogen-bond acceptors (Lipinski definition) is 2. The van der Waals surface area contributed by atoms with Gasteiger partial charge < -0.3 is 10.6 Å². The minimum Gasteiger partial charge on any atom is -0.310 e. The molecule has 64 valence electrons. The van der Waals surface area contributed by atoms with E-state index < -0.39 is 0 Å². The molecule has 2 rings (SSSR count). The fourth-order valence-electron chi connectivity index (χ4n) is 2.44. The molecule has 11 heavy (non-hydrogen) atoms. The molecular weight excluding hydrogens is 136 g/mol. The average molecular weight is 154 g/mol. The van der Waals surface area contributed by atoms with Crippen LogP contribution >= 0.6 is 0 Å². The van der Waals surface area contributed by atoms with Crippen molar-refractivity contribution in [3.63, 3.8) is 0 Å². The summed E-state index contributed by atoms with van der Waals surface area (Å²) in [5.41, 5.74) is 0. The highest BCUT2D eigenvalue weighted by Gasteiger charge is 2.38. The zero-order valence-corrected chi connectivity index (χ0v) is 7.43. The molecule has 2 aliphatic heterocycles. The van der Waals surface area contributed by atoms with E-state index in [1.807, 2.05) is 0 Å². The van der Waals surface area contributed by atoms with Gasteiger partial charge in [-0.3, -0.25) is 0 Å². The molecule has 0 aromatic heterocycles. The van der Waals surface area contributed by atoms with Crippen LogP contribution in [0.1, 0.15) is 33.1 Å². The molecule has 2 heteroatoms. The summed E-state index contributed by atoms with van der Waals surface area (Å²) in [6.07, 6.45) is 4.14. The first-order valence-corrected chi connectivity index (χ1v) is 4.78. The van der Waals surface area contributed by atoms with E-state index in [0.717, 1.165) is 18.1 Å². The van der Waals surface area contributed by atoms with Crippen molar-refractivity contribution in [3.8, 4) is 0 Å². The molecule has 0 aromatic rings. The van der Waals surface area contributed by atoms with Crippen LogP contribution in [0.5, 0.6) is 0 Å². The summed E-state index contributed by atoms with van der Waals surface area (Å²) in [6, 6.07) is 3.01. The van der Waals surface area contributed by atoms with Gasteiger partial charge in [0.1, 0.15) is 0 Å². The highest BCUT2D eigenvalue weighted by atomic mass is 15.1. The fraction of sp³-hybridized carbons (Fsp3) is 1.00. The van der Waals surface area contributed by atoms with E-state index in [2.05, 4.69) is 24.5 Å². The Morgan fingerprint density at radius 3 is 2.64 bits per heavy atom. The van der Waals surface area contributed by atoms with Crippen LogP contribution in [0.4, 0.5) is 0 Å². The van der Waals surface area contributed by atoms with Crippen LogP contribution < -0.4 is 10.6 Å². The van der Waals surface area contributed by atoms with Gasteiger partial charge in [0.25, 0.3) is 0 Å². The SMILES string of the molecule is CC(C)NC1CC2CCC1N2. The van der Waals surface area contributed by atoms with Crippen LogP contribution in [0, 0.1) is 0 Å². The zero-order chi connectivity index (χ0) is 7.84. The van der Waals surface area contributed by atoms with Crippen molar-refractivity contribution in [3.05, 3.63) is 0 Å². The largest absolute Gasteiger partial charge is 0.310 e. The summed E-state index contributed by atoms with van der Waals surface area (Å²) in [6.45, 7) is 4.46. The number of fused-ring (bicyclic) bond motifs is 2. The predicted molar refractivity (Wildman–Crippen MR) is 46.6 cm³/mol. The van der Waals surface area contributed by atoms with Crippen LogP contribution in [-0.2, 0) is 0 Å². The van der Waals surface area contributed by atoms with E-state index in [1.54, 1.807) is 0 Å². The fourth-order valence-corrected chi connectivity index (χ4v) is 2.44. The van der Waals surface area contributed by atoms with Crippen molar-refractivity contribution in [1.29, 1.82) is 0 Å². The summed E-state index contributed by atoms with van der Waals surface area (Å²) in [4.78, 5) is 0. The lowest BCUT2D eigenvalue weighted by atomic mass is 9.95. The summed E-state index contributed by atoms with van der Waals surface area (Å²) in [7, 11) is 0. The Morgan fingerprint density at radius 1 is 1.36 bits per heavy atom. The van der Waals surface area contributed by atoms with Gasteiger partial charge in [0, 0.05) is 24.2 Å². The van der Waals surface area contributed by atoms with E-state index in [1.165, 1.54) is 19.3 Å². The Morgan fingerprint density at radius 2 is 2.18 bits per heavy atom. The lowest BCUT2D eigenvalue weighted by molar-refractivity contribution is 0.387. The van der Waals surface area contributed by atoms with Gasteiger partial charge in [0.15, 0.2) is 0 Å². The Kier molecular flexibility index (Phi) is 1.90. The van der Waals surface area contributed by atoms with Gasteiger partial charge >= 0.3 is 0 Å². The van der Waals surface area contributed by atoms with Crippen molar-refractivity contribution in [1.82, 2.24) is 10.6 Å². The molecule has 2 nitrogen and oxygen atoms in total. The van der Waals surface area contributed by atoms with Crippen LogP contribution in [0.3, 0.4) is 0 Å². The molecule has 0 aromatic carbocycles. The molecule has 2 saturated heterocycles. The highest BCUT2D eigenvalue weighted by molar-refractivity contribution is 5.01. The van der Waals surface area contributed by atoms with Gasteiger partial charge in [-0.1, -0.05) is 13.8 Å². The van der Waals surface area contributed by atoms with Gasteiger partial charge in [-0.2, -0.15) is 0 Å². The molecule has 0 amide bonds. The standard InChI is InChI=1S/C9H18N2/c1-6(2)10-9-5-7-3-4-8(9)11-7/h6-11H,3-5H2,1-2H3. The van der Waals surface area contributed by atoms with Gasteiger partial charge in [-0.25, -0.2) is 0 Å². The van der Waals surface area contributed by atoms with Gasteiger partial charge in [-0.15, -0.1) is 0 Å². The van der Waals surface area contributed by atoms with Crippen molar-refractivity contribution in [2.75, 3.05) is 0 Å². The van der Waals surface area contributed by atoms with Crippen molar-refractivity contribution < 1.29 is 0 Å². The number of hydrogen-bond donors (Lipinski definition) is 2. The first-order chi connectivity index (χ1) is 5.25. The van der Waals surface area contributed by atoms with Gasteiger partial charge in [0.2, 0.25) is 0 Å². The predicted octanol–water partition coefficient (Wildman–Crippen LogP) is 0.877. The third-order valence-corrected chi connectivity index (χ3v) is 2.85. The smallest absolute Gasteiger partial charge is 0.0238 e. The monoisotopic (exact) mass is 154 g/mol. The molecule has 0 saturated carbocycles. The molecule has 2 fully saturated rings. The molecule has 3 unspecified atom stereocenters. The Labute approximate surface area is 68.7 Å². The first kappa shape index (κ1) is 7.56. The summed E-state index contributed by atoms with van der Waals surface area (Å²) < 4.78 is 0. The zero-order valence-electron chi connectivity index (χ0n) is 7.43. The Hall–Kier alpha value is -0.0800. The number of rotatable bonds is 2. The van der Waals surface area contributed by atoms with E-state index >= 15 is 0 Å². The lowest BCUT2D eigenvalue weighted by Crippen LogP contribution is -2.42. The Balaban J connectivity index is 1.87. The van der Waals surface area contributed by atoms with Crippen LogP contribution in [0.25, 0.3) is 0 Å². The molecular formula is C9H18N2. The molecule has 0 radical (unpaired) electrons. The molecule has 2 aliphatic rings. The maximum Gasteiger partial charge on any atom is 0.0238 e. The molecule has 2 heterocycles. The molecule has 2 bridgehead atoms. The maximum absolute atomic E-state index is 3.62.